The zero-order chi connectivity index (χ0) is 11.2. The van der Waals surface area contributed by atoms with Crippen LogP contribution in [0.25, 0.3) is 0 Å². The monoisotopic (exact) mass is 239 g/mol. The lowest BCUT2D eigenvalue weighted by Crippen LogP contribution is -2.51. The van der Waals surface area contributed by atoms with Crippen LogP contribution in [0.1, 0.15) is 12.8 Å². The van der Waals surface area contributed by atoms with Crippen molar-refractivity contribution >= 4 is 24.1 Å². The largest absolute Gasteiger partial charge is 0.303 e. The number of rotatable bonds is 1. The highest BCUT2D eigenvalue weighted by Crippen LogP contribution is 2.49. The molecule has 16 heavy (non-hydrogen) atoms. The average Bonchev–Trinajstić information content (AvgIpc) is 2.74. The lowest BCUT2D eigenvalue weighted by atomic mass is 9.60. The van der Waals surface area contributed by atoms with Crippen molar-refractivity contribution in [2.45, 2.75) is 24.3 Å². The number of fused-ring (bicyclic) bond motifs is 2. The SMILES string of the molecule is O=CC12CN=CC(Cl)C1CC1N=NCC1C2. The first-order valence-electron chi connectivity index (χ1n) is 5.72. The van der Waals surface area contributed by atoms with E-state index in [0.29, 0.717) is 12.5 Å². The van der Waals surface area contributed by atoms with E-state index in [1.165, 1.54) is 0 Å². The Morgan fingerprint density at radius 1 is 1.50 bits per heavy atom. The van der Waals surface area contributed by atoms with Crippen LogP contribution in [0.4, 0.5) is 0 Å². The van der Waals surface area contributed by atoms with E-state index in [4.69, 9.17) is 11.6 Å². The van der Waals surface area contributed by atoms with E-state index in [2.05, 4.69) is 15.2 Å². The molecule has 0 aromatic heterocycles. The van der Waals surface area contributed by atoms with Crippen molar-refractivity contribution in [3.63, 3.8) is 0 Å². The number of hydrogen-bond donors (Lipinski definition) is 0. The minimum absolute atomic E-state index is 0.129. The Labute approximate surface area is 99.2 Å². The van der Waals surface area contributed by atoms with Crippen LogP contribution in [0.15, 0.2) is 15.2 Å². The van der Waals surface area contributed by atoms with E-state index in [1.54, 1.807) is 6.21 Å². The second-order valence-corrected chi connectivity index (χ2v) is 5.60. The van der Waals surface area contributed by atoms with Crippen LogP contribution < -0.4 is 0 Å². The average molecular weight is 240 g/mol. The van der Waals surface area contributed by atoms with Gasteiger partial charge in [-0.1, -0.05) is 0 Å². The molecule has 1 saturated carbocycles. The molecule has 4 nitrogen and oxygen atoms in total. The Morgan fingerprint density at radius 2 is 2.38 bits per heavy atom. The summed E-state index contributed by atoms with van der Waals surface area (Å²) in [5.74, 6) is 0.612. The van der Waals surface area contributed by atoms with E-state index in [9.17, 15) is 4.79 Å². The van der Waals surface area contributed by atoms with Crippen molar-refractivity contribution in [1.29, 1.82) is 0 Å². The molecule has 2 aliphatic heterocycles. The lowest BCUT2D eigenvalue weighted by molar-refractivity contribution is -0.121. The zero-order valence-corrected chi connectivity index (χ0v) is 9.68. The molecule has 5 unspecified atom stereocenters. The maximum absolute atomic E-state index is 11.5. The topological polar surface area (TPSA) is 54.1 Å². The maximum Gasteiger partial charge on any atom is 0.128 e. The van der Waals surface area contributed by atoms with Gasteiger partial charge in [0.1, 0.15) is 6.29 Å². The highest BCUT2D eigenvalue weighted by atomic mass is 35.5. The molecule has 1 aliphatic carbocycles. The van der Waals surface area contributed by atoms with Gasteiger partial charge in [0.2, 0.25) is 0 Å². The number of azo groups is 1. The molecule has 0 spiro atoms. The molecular formula is C11H14ClN3O. The first-order valence-corrected chi connectivity index (χ1v) is 6.16. The number of hydrogen-bond acceptors (Lipinski definition) is 4. The molecule has 0 amide bonds. The summed E-state index contributed by atoms with van der Waals surface area (Å²) in [6.07, 6.45) is 4.59. The van der Waals surface area contributed by atoms with Crippen LogP contribution in [0, 0.1) is 17.3 Å². The Balaban J connectivity index is 1.94. The van der Waals surface area contributed by atoms with Crippen molar-refractivity contribution < 1.29 is 4.79 Å². The van der Waals surface area contributed by atoms with Crippen LogP contribution in [-0.4, -0.2) is 37.0 Å². The van der Waals surface area contributed by atoms with Gasteiger partial charge in [-0.05, 0) is 18.8 Å². The van der Waals surface area contributed by atoms with Crippen LogP contribution >= 0.6 is 11.6 Å². The minimum atomic E-state index is -0.349. The summed E-state index contributed by atoms with van der Waals surface area (Å²) in [7, 11) is 0. The van der Waals surface area contributed by atoms with Gasteiger partial charge >= 0.3 is 0 Å². The highest BCUT2D eigenvalue weighted by molar-refractivity contribution is 6.28. The summed E-state index contributed by atoms with van der Waals surface area (Å²) in [5.41, 5.74) is -0.349. The molecule has 5 heteroatoms. The fraction of sp³-hybridized carbons (Fsp3) is 0.818. The number of nitrogens with zero attached hydrogens (tertiary/aromatic N) is 3. The van der Waals surface area contributed by atoms with Gasteiger partial charge in [-0.25, -0.2) is 0 Å². The van der Waals surface area contributed by atoms with Crippen LogP contribution in [0.2, 0.25) is 0 Å². The second-order valence-electron chi connectivity index (χ2n) is 5.10. The fourth-order valence-electron chi connectivity index (χ4n) is 3.28. The molecule has 0 aromatic carbocycles. The molecule has 0 bridgehead atoms. The Hall–Kier alpha value is -0.770. The van der Waals surface area contributed by atoms with Crippen LogP contribution in [0.3, 0.4) is 0 Å². The summed E-state index contributed by atoms with van der Waals surface area (Å²) >= 11 is 6.27. The zero-order valence-electron chi connectivity index (χ0n) is 8.92. The molecule has 1 fully saturated rings. The smallest absolute Gasteiger partial charge is 0.128 e. The first kappa shape index (κ1) is 10.4. The molecule has 3 rings (SSSR count). The number of alkyl halides is 1. The van der Waals surface area contributed by atoms with Gasteiger partial charge in [0.15, 0.2) is 0 Å². The van der Waals surface area contributed by atoms with Crippen molar-refractivity contribution in [2.24, 2.45) is 32.5 Å². The minimum Gasteiger partial charge on any atom is -0.303 e. The lowest BCUT2D eigenvalue weighted by Gasteiger charge is -2.46. The second kappa shape index (κ2) is 3.62. The van der Waals surface area contributed by atoms with E-state index < -0.39 is 0 Å². The van der Waals surface area contributed by atoms with E-state index >= 15 is 0 Å². The van der Waals surface area contributed by atoms with E-state index in [-0.39, 0.29) is 22.8 Å². The first-order chi connectivity index (χ1) is 7.75. The normalized spacial score (nSPS) is 49.8. The molecule has 5 atom stereocenters. The van der Waals surface area contributed by atoms with Gasteiger partial charge in [-0.2, -0.15) is 10.2 Å². The Kier molecular flexibility index (Phi) is 2.35. The van der Waals surface area contributed by atoms with E-state index in [1.807, 2.05) is 0 Å². The molecule has 0 saturated heterocycles. The third-order valence-electron chi connectivity index (χ3n) is 4.22. The number of carbonyl (C=O) groups is 1. The predicted octanol–water partition coefficient (Wildman–Crippen LogP) is 1.72. The third-order valence-corrected chi connectivity index (χ3v) is 4.64. The number of aliphatic imine (C=N–C) groups is 1. The molecule has 0 radical (unpaired) electrons. The molecule has 0 aromatic rings. The third kappa shape index (κ3) is 1.35. The molecule has 0 N–H and O–H groups in total. The molecule has 2 heterocycles. The van der Waals surface area contributed by atoms with Crippen LogP contribution in [-0.2, 0) is 4.79 Å². The Morgan fingerprint density at radius 3 is 3.19 bits per heavy atom. The van der Waals surface area contributed by atoms with Gasteiger partial charge in [0.25, 0.3) is 0 Å². The van der Waals surface area contributed by atoms with Crippen molar-refractivity contribution in [2.75, 3.05) is 13.1 Å². The van der Waals surface area contributed by atoms with Crippen molar-refractivity contribution in [1.82, 2.24) is 0 Å². The summed E-state index contributed by atoms with van der Waals surface area (Å²) in [6.45, 7) is 1.36. The van der Waals surface area contributed by atoms with Gasteiger partial charge in [-0.3, -0.25) is 4.99 Å². The summed E-state index contributed by atoms with van der Waals surface area (Å²) in [5, 5.41) is 8.23. The summed E-state index contributed by atoms with van der Waals surface area (Å²) < 4.78 is 0. The molecule has 86 valence electrons. The standard InChI is InChI=1S/C11H14ClN3O/c12-9-4-13-5-11(6-16)2-7-3-14-15-10(7)1-8(9)11/h4,6-10H,1-3,5H2. The molecular weight excluding hydrogens is 226 g/mol. The highest BCUT2D eigenvalue weighted by Gasteiger charge is 2.52. The van der Waals surface area contributed by atoms with Crippen molar-refractivity contribution in [3.8, 4) is 0 Å². The van der Waals surface area contributed by atoms with Gasteiger partial charge in [0, 0.05) is 12.1 Å². The van der Waals surface area contributed by atoms with E-state index in [0.717, 1.165) is 25.7 Å². The summed E-state index contributed by atoms with van der Waals surface area (Å²) in [4.78, 5) is 15.7. The predicted molar refractivity (Wildman–Crippen MR) is 61.2 cm³/mol. The number of halogens is 1. The quantitative estimate of drug-likeness (QED) is 0.508. The fourth-order valence-corrected chi connectivity index (χ4v) is 3.71. The van der Waals surface area contributed by atoms with Gasteiger partial charge < -0.3 is 4.79 Å². The summed E-state index contributed by atoms with van der Waals surface area (Å²) in [6, 6.07) is 0.283. The van der Waals surface area contributed by atoms with Crippen LogP contribution in [0.5, 0.6) is 0 Å². The van der Waals surface area contributed by atoms with Gasteiger partial charge in [0.05, 0.1) is 29.9 Å². The Bertz CT molecular complexity index is 370. The molecule has 3 aliphatic rings. The van der Waals surface area contributed by atoms with Gasteiger partial charge in [-0.15, -0.1) is 11.6 Å². The number of carbonyl (C=O) groups excluding carboxylic acids is 1. The number of aldehydes is 1. The maximum atomic E-state index is 11.5. The van der Waals surface area contributed by atoms with Crippen molar-refractivity contribution in [3.05, 3.63) is 0 Å².